The molecule has 0 spiro atoms. The highest BCUT2D eigenvalue weighted by atomic mass is 32.2. The lowest BCUT2D eigenvalue weighted by Gasteiger charge is -2.12. The van der Waals surface area contributed by atoms with Crippen molar-refractivity contribution in [3.05, 3.63) is 20.8 Å². The number of amides is 1. The Labute approximate surface area is 142 Å². The van der Waals surface area contributed by atoms with Crippen molar-refractivity contribution in [1.82, 2.24) is 14.9 Å². The predicted molar refractivity (Wildman–Crippen MR) is 93.4 cm³/mol. The first-order valence-electron chi connectivity index (χ1n) is 8.07. The van der Waals surface area contributed by atoms with Crippen LogP contribution in [-0.2, 0) is 24.7 Å². The molecule has 1 unspecified atom stereocenters. The lowest BCUT2D eigenvalue weighted by molar-refractivity contribution is -0.119. The summed E-state index contributed by atoms with van der Waals surface area (Å²) in [6.45, 7) is 0. The third kappa shape index (κ3) is 2.70. The number of thiophene rings is 1. The van der Waals surface area contributed by atoms with Crippen molar-refractivity contribution in [2.75, 3.05) is 5.75 Å². The molecule has 2 aromatic heterocycles. The first-order chi connectivity index (χ1) is 11.1. The van der Waals surface area contributed by atoms with Crippen LogP contribution in [0.4, 0.5) is 0 Å². The number of rotatable bonds is 3. The van der Waals surface area contributed by atoms with E-state index < -0.39 is 0 Å². The summed E-state index contributed by atoms with van der Waals surface area (Å²) in [5, 5.41) is 4.55. The summed E-state index contributed by atoms with van der Waals surface area (Å²) in [6.07, 6.45) is 5.94. The van der Waals surface area contributed by atoms with E-state index in [1.54, 1.807) is 34.7 Å². The largest absolute Gasteiger partial charge is 0.353 e. The van der Waals surface area contributed by atoms with Crippen molar-refractivity contribution >= 4 is 39.2 Å². The highest BCUT2D eigenvalue weighted by Gasteiger charge is 2.23. The molecule has 2 aliphatic rings. The van der Waals surface area contributed by atoms with Gasteiger partial charge < -0.3 is 5.32 Å². The quantitative estimate of drug-likeness (QED) is 0.682. The second kappa shape index (κ2) is 5.94. The minimum Gasteiger partial charge on any atom is -0.353 e. The average Bonchev–Trinajstić information content (AvgIpc) is 3.12. The fourth-order valence-corrected chi connectivity index (χ4v) is 5.72. The van der Waals surface area contributed by atoms with Crippen LogP contribution in [0.5, 0.6) is 0 Å². The minimum absolute atomic E-state index is 0.0763. The molecular formula is C16H19N3O2S2. The van der Waals surface area contributed by atoms with Crippen LogP contribution in [0.15, 0.2) is 9.95 Å². The van der Waals surface area contributed by atoms with E-state index in [4.69, 9.17) is 4.98 Å². The molecule has 4 rings (SSSR count). The molecule has 1 atom stereocenters. The lowest BCUT2D eigenvalue weighted by Crippen LogP contribution is -2.28. The number of hydrogen-bond acceptors (Lipinski definition) is 5. The zero-order valence-corrected chi connectivity index (χ0v) is 14.7. The number of fused-ring (bicyclic) bond motifs is 3. The Morgan fingerprint density at radius 3 is 2.91 bits per heavy atom. The van der Waals surface area contributed by atoms with Gasteiger partial charge in [-0.1, -0.05) is 11.8 Å². The van der Waals surface area contributed by atoms with Crippen LogP contribution in [0, 0.1) is 0 Å². The van der Waals surface area contributed by atoms with Gasteiger partial charge in [-0.15, -0.1) is 11.3 Å². The second-order valence-corrected chi connectivity index (χ2v) is 8.33. The van der Waals surface area contributed by atoms with Crippen LogP contribution in [0.3, 0.4) is 0 Å². The number of nitrogens with zero attached hydrogens (tertiary/aromatic N) is 2. The maximum Gasteiger partial charge on any atom is 0.262 e. The standard InChI is InChI=1S/C16H19N3O2S2/c1-19-15(21)13-10-4-2-3-5-11(10)23-14(13)18-16(19)22-8-9-6-7-12(20)17-9/h9H,2-8H2,1H3,(H,17,20). The third-order valence-electron chi connectivity index (χ3n) is 4.65. The number of thioether (sulfide) groups is 1. The number of aromatic nitrogens is 2. The fourth-order valence-electron chi connectivity index (χ4n) is 3.37. The Morgan fingerprint density at radius 1 is 1.30 bits per heavy atom. The van der Waals surface area contributed by atoms with Gasteiger partial charge in [0, 0.05) is 30.1 Å². The predicted octanol–water partition coefficient (Wildman–Crippen LogP) is 2.24. The minimum atomic E-state index is 0.0763. The number of aryl methyl sites for hydroxylation is 2. The summed E-state index contributed by atoms with van der Waals surface area (Å²) < 4.78 is 1.67. The summed E-state index contributed by atoms with van der Waals surface area (Å²) in [5.41, 5.74) is 1.32. The van der Waals surface area contributed by atoms with Crippen LogP contribution in [0.25, 0.3) is 10.2 Å². The summed E-state index contributed by atoms with van der Waals surface area (Å²) in [6, 6.07) is 0.191. The van der Waals surface area contributed by atoms with Crippen molar-refractivity contribution in [2.45, 2.75) is 49.7 Å². The number of carbonyl (C=O) groups is 1. The molecule has 122 valence electrons. The molecular weight excluding hydrogens is 330 g/mol. The van der Waals surface area contributed by atoms with Gasteiger partial charge in [-0.25, -0.2) is 4.98 Å². The summed E-state index contributed by atoms with van der Waals surface area (Å²) in [5.74, 6) is 0.890. The molecule has 1 fully saturated rings. The molecule has 1 aliphatic carbocycles. The maximum absolute atomic E-state index is 12.8. The molecule has 1 saturated heterocycles. The number of carbonyl (C=O) groups excluding carboxylic acids is 1. The number of nitrogens with one attached hydrogen (secondary N) is 1. The van der Waals surface area contributed by atoms with Crippen LogP contribution in [0.2, 0.25) is 0 Å². The van der Waals surface area contributed by atoms with Gasteiger partial charge in [-0.3, -0.25) is 14.2 Å². The normalized spacial score (nSPS) is 20.7. The average molecular weight is 349 g/mol. The molecule has 1 N–H and O–H groups in total. The highest BCUT2D eigenvalue weighted by molar-refractivity contribution is 7.99. The first kappa shape index (κ1) is 15.2. The molecule has 3 heterocycles. The Bertz CT molecular complexity index is 840. The van der Waals surface area contributed by atoms with E-state index in [1.807, 2.05) is 0 Å². The molecule has 0 radical (unpaired) electrons. The van der Waals surface area contributed by atoms with Gasteiger partial charge in [0.25, 0.3) is 5.56 Å². The molecule has 1 amide bonds. The van der Waals surface area contributed by atoms with Crippen LogP contribution >= 0.6 is 23.1 Å². The third-order valence-corrected chi connectivity index (χ3v) is 7.03. The monoisotopic (exact) mass is 349 g/mol. The van der Waals surface area contributed by atoms with Crippen molar-refractivity contribution in [3.63, 3.8) is 0 Å². The summed E-state index contributed by atoms with van der Waals surface area (Å²) in [7, 11) is 1.80. The highest BCUT2D eigenvalue weighted by Crippen LogP contribution is 2.34. The second-order valence-electron chi connectivity index (χ2n) is 6.26. The number of hydrogen-bond donors (Lipinski definition) is 1. The van der Waals surface area contributed by atoms with Crippen LogP contribution in [-0.4, -0.2) is 27.3 Å². The van der Waals surface area contributed by atoms with Crippen LogP contribution < -0.4 is 10.9 Å². The summed E-state index contributed by atoms with van der Waals surface area (Å²) >= 11 is 3.25. The van der Waals surface area contributed by atoms with Gasteiger partial charge in [-0.2, -0.15) is 0 Å². The van der Waals surface area contributed by atoms with Crippen molar-refractivity contribution in [1.29, 1.82) is 0 Å². The van der Waals surface area contributed by atoms with Gasteiger partial charge in [0.05, 0.1) is 5.39 Å². The fraction of sp³-hybridized carbons (Fsp3) is 0.562. The van der Waals surface area contributed by atoms with Gasteiger partial charge in [0.1, 0.15) is 4.83 Å². The van der Waals surface area contributed by atoms with E-state index in [9.17, 15) is 9.59 Å². The Morgan fingerprint density at radius 2 is 2.13 bits per heavy atom. The molecule has 2 aromatic rings. The molecule has 5 nitrogen and oxygen atoms in total. The SMILES string of the molecule is Cn1c(SCC2CCC(=O)N2)nc2sc3c(c2c1=O)CCCC3. The zero-order chi connectivity index (χ0) is 16.0. The topological polar surface area (TPSA) is 64.0 Å². The van der Waals surface area contributed by atoms with Crippen molar-refractivity contribution in [2.24, 2.45) is 7.05 Å². The van der Waals surface area contributed by atoms with E-state index in [2.05, 4.69) is 5.32 Å². The van der Waals surface area contributed by atoms with Crippen molar-refractivity contribution in [3.8, 4) is 0 Å². The van der Waals surface area contributed by atoms with Gasteiger partial charge in [0.2, 0.25) is 5.91 Å². The summed E-state index contributed by atoms with van der Waals surface area (Å²) in [4.78, 5) is 31.0. The maximum atomic E-state index is 12.8. The van der Waals surface area contributed by atoms with Crippen molar-refractivity contribution < 1.29 is 4.79 Å². The van der Waals surface area contributed by atoms with Crippen LogP contribution in [0.1, 0.15) is 36.1 Å². The van der Waals surface area contributed by atoms with Gasteiger partial charge >= 0.3 is 0 Å². The Balaban J connectivity index is 1.66. The molecule has 1 aliphatic heterocycles. The lowest BCUT2D eigenvalue weighted by atomic mass is 9.97. The van der Waals surface area contributed by atoms with E-state index in [1.165, 1.54) is 23.3 Å². The van der Waals surface area contributed by atoms with E-state index in [-0.39, 0.29) is 17.5 Å². The van der Waals surface area contributed by atoms with Gasteiger partial charge in [0.15, 0.2) is 5.16 Å². The Kier molecular flexibility index (Phi) is 3.93. The van der Waals surface area contributed by atoms with E-state index in [0.29, 0.717) is 6.42 Å². The molecule has 7 heteroatoms. The van der Waals surface area contributed by atoms with E-state index >= 15 is 0 Å². The molecule has 23 heavy (non-hydrogen) atoms. The molecule has 0 aromatic carbocycles. The first-order valence-corrected chi connectivity index (χ1v) is 9.87. The molecule has 0 bridgehead atoms. The van der Waals surface area contributed by atoms with Gasteiger partial charge in [-0.05, 0) is 37.7 Å². The molecule has 0 saturated carbocycles. The van der Waals surface area contributed by atoms with E-state index in [0.717, 1.165) is 40.4 Å². The Hall–Kier alpha value is -1.34. The smallest absolute Gasteiger partial charge is 0.262 e. The zero-order valence-electron chi connectivity index (χ0n) is 13.1.